The normalized spacial score (nSPS) is 10.8. The fourth-order valence-electron chi connectivity index (χ4n) is 3.30. The van der Waals surface area contributed by atoms with Gasteiger partial charge in [-0.1, -0.05) is 29.3 Å². The number of aromatic nitrogens is 1. The smallest absolute Gasteiger partial charge is 0.278 e. The highest BCUT2D eigenvalue weighted by atomic mass is 127. The topological polar surface area (TPSA) is 115 Å². The maximum Gasteiger partial charge on any atom is 0.278 e. The van der Waals surface area contributed by atoms with Crippen molar-refractivity contribution in [1.82, 2.24) is 10.4 Å². The Labute approximate surface area is 257 Å². The Morgan fingerprint density at radius 3 is 2.67 bits per heavy atom. The van der Waals surface area contributed by atoms with Crippen molar-refractivity contribution >= 4 is 73.8 Å². The number of hydrogen-bond acceptors (Lipinski definition) is 8. The minimum absolute atomic E-state index is 0.0409. The lowest BCUT2D eigenvalue weighted by atomic mass is 10.1. The molecule has 2 aromatic carbocycles. The SMILES string of the molecule is COCc1c(Br)c(C)nc(OCC(=O)N/N=C/c2cc(I)c(OCc3ccc(Cl)cc3Cl)c(OC)c2)c1C#N. The van der Waals surface area contributed by atoms with Gasteiger partial charge >= 0.3 is 0 Å². The van der Waals surface area contributed by atoms with Crippen LogP contribution in [0.1, 0.15) is 27.9 Å². The van der Waals surface area contributed by atoms with Crippen LogP contribution in [0.3, 0.4) is 0 Å². The second-order valence-corrected chi connectivity index (χ2v) is 10.7. The van der Waals surface area contributed by atoms with Gasteiger partial charge in [-0.3, -0.25) is 4.79 Å². The Hall–Kier alpha value is -2.63. The summed E-state index contributed by atoms with van der Waals surface area (Å²) < 4.78 is 23.5. The van der Waals surface area contributed by atoms with Gasteiger partial charge in [0.15, 0.2) is 18.1 Å². The van der Waals surface area contributed by atoms with E-state index >= 15 is 0 Å². The summed E-state index contributed by atoms with van der Waals surface area (Å²) in [5.41, 5.74) is 5.21. The summed E-state index contributed by atoms with van der Waals surface area (Å²) in [6.07, 6.45) is 1.46. The van der Waals surface area contributed by atoms with Gasteiger partial charge in [-0.05, 0) is 75.3 Å². The summed E-state index contributed by atoms with van der Waals surface area (Å²) in [5.74, 6) is 0.527. The van der Waals surface area contributed by atoms with Crippen molar-refractivity contribution in [3.8, 4) is 23.4 Å². The number of ether oxygens (including phenoxy) is 4. The number of nitrogens with zero attached hydrogens (tertiary/aromatic N) is 3. The predicted molar refractivity (Wildman–Crippen MR) is 160 cm³/mol. The zero-order chi connectivity index (χ0) is 28.5. The van der Waals surface area contributed by atoms with Crippen LogP contribution in [0.25, 0.3) is 0 Å². The van der Waals surface area contributed by atoms with Gasteiger partial charge in [0.25, 0.3) is 5.91 Å². The Bertz CT molecular complexity index is 1450. The van der Waals surface area contributed by atoms with E-state index < -0.39 is 12.5 Å². The predicted octanol–water partition coefficient (Wildman–Crippen LogP) is 6.20. The number of benzene rings is 2. The highest BCUT2D eigenvalue weighted by Gasteiger charge is 2.18. The molecule has 3 aromatic rings. The van der Waals surface area contributed by atoms with Gasteiger partial charge in [-0.2, -0.15) is 10.4 Å². The van der Waals surface area contributed by atoms with Gasteiger partial charge in [-0.25, -0.2) is 10.4 Å². The number of hydrogen-bond donors (Lipinski definition) is 1. The molecule has 1 heterocycles. The number of aryl methyl sites for hydroxylation is 1. The van der Waals surface area contributed by atoms with Crippen LogP contribution in [0.4, 0.5) is 0 Å². The van der Waals surface area contributed by atoms with Crippen molar-refractivity contribution in [1.29, 1.82) is 5.26 Å². The Morgan fingerprint density at radius 2 is 2.00 bits per heavy atom. The number of halogens is 4. The third-order valence-corrected chi connectivity index (χ3v) is 7.59. The molecule has 0 atom stereocenters. The molecule has 0 bridgehead atoms. The molecular formula is C26H22BrCl2IN4O5. The van der Waals surface area contributed by atoms with Crippen LogP contribution in [0.15, 0.2) is 39.9 Å². The van der Waals surface area contributed by atoms with Crippen LogP contribution in [-0.2, 0) is 22.7 Å². The number of nitriles is 1. The molecule has 1 amide bonds. The van der Waals surface area contributed by atoms with E-state index in [9.17, 15) is 10.1 Å². The third-order valence-electron chi connectivity index (χ3n) is 5.15. The molecule has 0 radical (unpaired) electrons. The Morgan fingerprint density at radius 1 is 1.23 bits per heavy atom. The van der Waals surface area contributed by atoms with E-state index in [1.54, 1.807) is 31.2 Å². The van der Waals surface area contributed by atoms with Crippen LogP contribution in [-0.4, -0.2) is 37.9 Å². The first-order valence-electron chi connectivity index (χ1n) is 11.1. The molecule has 0 aliphatic carbocycles. The third kappa shape index (κ3) is 8.18. The molecule has 0 aliphatic rings. The molecule has 1 N–H and O–H groups in total. The van der Waals surface area contributed by atoms with Crippen molar-refractivity contribution in [2.75, 3.05) is 20.8 Å². The maximum atomic E-state index is 12.3. The number of amides is 1. The van der Waals surface area contributed by atoms with Gasteiger partial charge in [0.2, 0.25) is 5.88 Å². The average Bonchev–Trinajstić information content (AvgIpc) is 2.90. The van der Waals surface area contributed by atoms with E-state index in [2.05, 4.69) is 60.1 Å². The van der Waals surface area contributed by atoms with Gasteiger partial charge in [0.1, 0.15) is 18.2 Å². The van der Waals surface area contributed by atoms with Gasteiger partial charge < -0.3 is 18.9 Å². The summed E-state index contributed by atoms with van der Waals surface area (Å²) >= 11 is 17.7. The molecule has 1 aromatic heterocycles. The summed E-state index contributed by atoms with van der Waals surface area (Å²) in [6, 6.07) is 10.8. The zero-order valence-corrected chi connectivity index (χ0v) is 26.2. The van der Waals surface area contributed by atoms with E-state index in [1.165, 1.54) is 20.4 Å². The van der Waals surface area contributed by atoms with E-state index in [0.717, 1.165) is 9.13 Å². The van der Waals surface area contributed by atoms with Crippen molar-refractivity contribution in [3.05, 3.63) is 76.4 Å². The monoisotopic (exact) mass is 746 g/mol. The minimum Gasteiger partial charge on any atom is -0.493 e. The van der Waals surface area contributed by atoms with E-state index in [-0.39, 0.29) is 24.7 Å². The molecule has 0 fully saturated rings. The molecule has 13 heteroatoms. The lowest BCUT2D eigenvalue weighted by Gasteiger charge is -2.14. The minimum atomic E-state index is -0.535. The van der Waals surface area contributed by atoms with Gasteiger partial charge in [-0.15, -0.1) is 0 Å². The highest BCUT2D eigenvalue weighted by molar-refractivity contribution is 14.1. The van der Waals surface area contributed by atoms with E-state index in [0.29, 0.717) is 42.8 Å². The lowest BCUT2D eigenvalue weighted by molar-refractivity contribution is -0.123. The van der Waals surface area contributed by atoms with Crippen LogP contribution < -0.4 is 19.6 Å². The summed E-state index contributed by atoms with van der Waals surface area (Å²) in [6.45, 7) is 1.76. The lowest BCUT2D eigenvalue weighted by Crippen LogP contribution is -2.25. The fourth-order valence-corrected chi connectivity index (χ4v) is 4.95. The number of hydrazone groups is 1. The van der Waals surface area contributed by atoms with E-state index in [4.69, 9.17) is 42.1 Å². The first-order chi connectivity index (χ1) is 18.7. The summed E-state index contributed by atoms with van der Waals surface area (Å²) in [7, 11) is 3.04. The largest absolute Gasteiger partial charge is 0.493 e. The standard InChI is InChI=1S/C26H22BrCl2IN4O5/c1-14-24(27)19(12-36-2)18(9-31)26(33-14)39-13-23(35)34-32-10-15-6-21(30)25(22(7-15)37-3)38-11-16-4-5-17(28)8-20(16)29/h4-8,10H,11-13H2,1-3H3,(H,34,35)/b32-10+. The molecule has 204 valence electrons. The molecule has 0 saturated heterocycles. The number of carbonyl (C=O) groups is 1. The number of pyridine rings is 1. The summed E-state index contributed by atoms with van der Waals surface area (Å²) in [4.78, 5) is 16.6. The van der Waals surface area contributed by atoms with Crippen molar-refractivity contribution in [2.24, 2.45) is 5.10 Å². The molecular weight excluding hydrogens is 726 g/mol. The second kappa shape index (κ2) is 14.7. The van der Waals surface area contributed by atoms with Gasteiger partial charge in [0, 0.05) is 32.8 Å². The maximum absolute atomic E-state index is 12.3. The quantitative estimate of drug-likeness (QED) is 0.141. The molecule has 0 saturated carbocycles. The average molecular weight is 748 g/mol. The molecule has 0 unspecified atom stereocenters. The molecule has 0 spiro atoms. The number of methoxy groups -OCH3 is 2. The van der Waals surface area contributed by atoms with Crippen LogP contribution >= 0.6 is 61.7 Å². The first-order valence-corrected chi connectivity index (χ1v) is 13.8. The van der Waals surface area contributed by atoms with Crippen LogP contribution in [0, 0.1) is 21.8 Å². The fraction of sp³-hybridized carbons (Fsp3) is 0.231. The zero-order valence-electron chi connectivity index (χ0n) is 21.0. The molecule has 0 aliphatic heterocycles. The summed E-state index contributed by atoms with van der Waals surface area (Å²) in [5, 5.41) is 14.6. The molecule has 39 heavy (non-hydrogen) atoms. The molecule has 3 rings (SSSR count). The van der Waals surface area contributed by atoms with Crippen molar-refractivity contribution in [2.45, 2.75) is 20.1 Å². The van der Waals surface area contributed by atoms with E-state index in [1.807, 2.05) is 6.07 Å². The van der Waals surface area contributed by atoms with Gasteiger partial charge in [0.05, 0.1) is 29.2 Å². The number of carbonyl (C=O) groups excluding carboxylic acids is 1. The Balaban J connectivity index is 1.64. The van der Waals surface area contributed by atoms with Crippen LogP contribution in [0.5, 0.6) is 17.4 Å². The highest BCUT2D eigenvalue weighted by Crippen LogP contribution is 2.35. The Kier molecular flexibility index (Phi) is 11.6. The number of rotatable bonds is 11. The first kappa shape index (κ1) is 30.9. The second-order valence-electron chi connectivity index (χ2n) is 7.86. The molecule has 9 nitrogen and oxygen atoms in total. The van der Waals surface area contributed by atoms with Crippen LogP contribution in [0.2, 0.25) is 10.0 Å². The van der Waals surface area contributed by atoms with Crippen molar-refractivity contribution < 1.29 is 23.7 Å². The number of nitrogens with one attached hydrogen (secondary N) is 1. The van der Waals surface area contributed by atoms with Crippen molar-refractivity contribution in [3.63, 3.8) is 0 Å².